The van der Waals surface area contributed by atoms with Crippen LogP contribution in [0.4, 0.5) is 0 Å². The summed E-state index contributed by atoms with van der Waals surface area (Å²) in [7, 11) is 0. The maximum atomic E-state index is 12.5. The monoisotopic (exact) mass is 484 g/mol. The Kier molecular flexibility index (Phi) is 6.44. The number of hydrogen-bond acceptors (Lipinski definition) is 3. The van der Waals surface area contributed by atoms with Crippen LogP contribution in [0.15, 0.2) is 35.1 Å². The molecule has 2 saturated carbocycles. The molecule has 2 fully saturated rings. The van der Waals surface area contributed by atoms with Gasteiger partial charge in [-0.25, -0.2) is 0 Å². The van der Waals surface area contributed by atoms with E-state index < -0.39 is 11.9 Å². The van der Waals surface area contributed by atoms with Crippen LogP contribution in [0.25, 0.3) is 0 Å². The lowest BCUT2D eigenvalue weighted by Gasteiger charge is -2.61. The minimum atomic E-state index is -0.691. The van der Waals surface area contributed by atoms with E-state index in [1.165, 1.54) is 5.57 Å². The zero-order valence-corrected chi connectivity index (χ0v) is 23.1. The van der Waals surface area contributed by atoms with E-state index in [-0.39, 0.29) is 39.6 Å². The highest BCUT2D eigenvalue weighted by molar-refractivity contribution is 5.71. The Morgan fingerprint density at radius 1 is 1.14 bits per heavy atom. The zero-order valence-electron chi connectivity index (χ0n) is 23.1. The fourth-order valence-electron chi connectivity index (χ4n) is 8.86. The molecule has 0 radical (unpaired) electrons. The predicted octanol–water partition coefficient (Wildman–Crippen LogP) is 7.45. The van der Waals surface area contributed by atoms with Crippen LogP contribution in [0.2, 0.25) is 0 Å². The Morgan fingerprint density at radius 2 is 1.80 bits per heavy atom. The highest BCUT2D eigenvalue weighted by Gasteiger charge is 2.65. The average Bonchev–Trinajstić information content (AvgIpc) is 3.04. The van der Waals surface area contributed by atoms with Gasteiger partial charge in [0.2, 0.25) is 0 Å². The van der Waals surface area contributed by atoms with Crippen LogP contribution in [-0.2, 0) is 4.79 Å². The van der Waals surface area contributed by atoms with Gasteiger partial charge in [-0.05, 0) is 90.1 Å². The van der Waals surface area contributed by atoms with Gasteiger partial charge in [-0.1, -0.05) is 66.7 Å². The van der Waals surface area contributed by atoms with Crippen molar-refractivity contribution in [2.24, 2.45) is 45.3 Å². The van der Waals surface area contributed by atoms with E-state index in [0.29, 0.717) is 24.5 Å². The topological polar surface area (TPSA) is 77.8 Å². The number of rotatable bonds is 6. The summed E-state index contributed by atoms with van der Waals surface area (Å²) in [6, 6.07) is 0. The first-order valence-electron chi connectivity index (χ1n) is 13.8. The van der Waals surface area contributed by atoms with Gasteiger partial charge in [0.05, 0.1) is 17.8 Å². The van der Waals surface area contributed by atoms with Gasteiger partial charge < -0.3 is 15.3 Å². The molecule has 0 amide bonds. The molecule has 3 N–H and O–H groups in total. The number of fused-ring (bicyclic) bond motifs is 5. The molecule has 4 aliphatic rings. The summed E-state index contributed by atoms with van der Waals surface area (Å²) < 4.78 is 0. The number of carboxylic acid groups (broad SMARTS) is 1. The summed E-state index contributed by atoms with van der Waals surface area (Å²) in [5.74, 6) is 0.0145. The first kappa shape index (κ1) is 26.5. The summed E-state index contributed by atoms with van der Waals surface area (Å²) in [5.41, 5.74) is 2.72. The molecule has 0 bridgehead atoms. The number of aliphatic hydroxyl groups excluding tert-OH is 2. The van der Waals surface area contributed by atoms with Crippen molar-refractivity contribution in [3.8, 4) is 0 Å². The van der Waals surface area contributed by atoms with Gasteiger partial charge in [0, 0.05) is 11.8 Å². The van der Waals surface area contributed by atoms with Gasteiger partial charge in [-0.3, -0.25) is 4.79 Å². The molecule has 0 aromatic carbocycles. The van der Waals surface area contributed by atoms with Crippen LogP contribution in [-0.4, -0.2) is 27.4 Å². The first-order chi connectivity index (χ1) is 16.1. The van der Waals surface area contributed by atoms with Crippen LogP contribution in [0.1, 0.15) is 99.8 Å². The second-order valence-corrected chi connectivity index (χ2v) is 13.9. The smallest absolute Gasteiger partial charge is 0.306 e. The molecule has 0 aliphatic heterocycles. The number of aliphatic carboxylic acids is 1. The Bertz CT molecular complexity index is 970. The quantitative estimate of drug-likeness (QED) is 0.342. The lowest BCUT2D eigenvalue weighted by atomic mass is 9.43. The van der Waals surface area contributed by atoms with Gasteiger partial charge in [0.1, 0.15) is 0 Å². The molecule has 4 nitrogen and oxygen atoms in total. The Balaban J connectivity index is 1.73. The maximum absolute atomic E-state index is 12.5. The molecule has 4 aliphatic carbocycles. The fraction of sp³-hybridized carbons (Fsp3) is 0.774. The summed E-state index contributed by atoms with van der Waals surface area (Å²) in [5, 5.41) is 32.7. The van der Waals surface area contributed by atoms with Crippen molar-refractivity contribution in [2.75, 3.05) is 0 Å². The van der Waals surface area contributed by atoms with Gasteiger partial charge in [-0.2, -0.15) is 0 Å². The lowest BCUT2D eigenvalue weighted by Crippen LogP contribution is -2.55. The molecule has 35 heavy (non-hydrogen) atoms. The van der Waals surface area contributed by atoms with E-state index in [0.717, 1.165) is 49.7 Å². The normalized spacial score (nSPS) is 41.1. The highest BCUT2D eigenvalue weighted by Crippen LogP contribution is 2.72. The van der Waals surface area contributed by atoms with E-state index in [9.17, 15) is 20.1 Å². The second kappa shape index (κ2) is 8.50. The molecular formula is C31H48O4. The van der Waals surface area contributed by atoms with Crippen LogP contribution in [0, 0.1) is 45.3 Å². The third-order valence-electron chi connectivity index (χ3n) is 11.7. The van der Waals surface area contributed by atoms with E-state index in [4.69, 9.17) is 0 Å². The van der Waals surface area contributed by atoms with Crippen molar-refractivity contribution in [1.29, 1.82) is 0 Å². The summed E-state index contributed by atoms with van der Waals surface area (Å²) in [4.78, 5) is 12.5. The van der Waals surface area contributed by atoms with Gasteiger partial charge in [0.25, 0.3) is 0 Å². The molecule has 0 saturated heterocycles. The number of aliphatic hydroxyl groups is 2. The largest absolute Gasteiger partial charge is 0.512 e. The van der Waals surface area contributed by atoms with Gasteiger partial charge >= 0.3 is 5.97 Å². The minimum Gasteiger partial charge on any atom is -0.512 e. The van der Waals surface area contributed by atoms with Gasteiger partial charge in [0.15, 0.2) is 0 Å². The molecular weight excluding hydrogens is 436 g/mol. The molecule has 0 aromatic rings. The standard InChI is InChI=1S/C31H48O4/c1-18(2)19(3)9-10-20(27(34)35)21-11-16-31(8)26-22(12-15-30(21,31)7)29(6)14-13-25(33)28(4,5)24(29)17-23(26)32/h12,18,20-21,24-25,32-33H,3,9-11,13-17H2,1-2,4-8H3,(H,34,35)/t20-,21-,24?,25?,29-,30-,31+/m1/s1. The van der Waals surface area contributed by atoms with Crippen molar-refractivity contribution < 1.29 is 20.1 Å². The molecule has 0 heterocycles. The summed E-state index contributed by atoms with van der Waals surface area (Å²) >= 11 is 0. The number of allylic oxidation sites excluding steroid dienone is 5. The van der Waals surface area contributed by atoms with E-state index in [1.807, 2.05) is 0 Å². The number of carboxylic acids is 1. The molecule has 2 unspecified atom stereocenters. The third kappa shape index (κ3) is 3.68. The van der Waals surface area contributed by atoms with Crippen LogP contribution in [0.5, 0.6) is 0 Å². The van der Waals surface area contributed by atoms with Crippen molar-refractivity contribution in [1.82, 2.24) is 0 Å². The molecule has 4 heteroatoms. The second-order valence-electron chi connectivity index (χ2n) is 13.9. The predicted molar refractivity (Wildman–Crippen MR) is 141 cm³/mol. The number of hydrogen-bond donors (Lipinski definition) is 3. The van der Waals surface area contributed by atoms with Crippen molar-refractivity contribution in [3.63, 3.8) is 0 Å². The Hall–Kier alpha value is -1.55. The minimum absolute atomic E-state index is 0.0678. The van der Waals surface area contributed by atoms with Gasteiger partial charge in [-0.15, -0.1) is 0 Å². The van der Waals surface area contributed by atoms with Crippen LogP contribution >= 0.6 is 0 Å². The fourth-order valence-corrected chi connectivity index (χ4v) is 8.86. The average molecular weight is 485 g/mol. The summed E-state index contributed by atoms with van der Waals surface area (Å²) in [6.07, 6.45) is 8.33. The molecule has 4 rings (SSSR count). The van der Waals surface area contributed by atoms with Crippen LogP contribution < -0.4 is 0 Å². The maximum Gasteiger partial charge on any atom is 0.306 e. The summed E-state index contributed by atoms with van der Waals surface area (Å²) in [6.45, 7) is 19.7. The zero-order chi connectivity index (χ0) is 26.1. The van der Waals surface area contributed by atoms with Crippen molar-refractivity contribution >= 4 is 5.97 Å². The van der Waals surface area contributed by atoms with E-state index >= 15 is 0 Å². The highest BCUT2D eigenvalue weighted by atomic mass is 16.4. The van der Waals surface area contributed by atoms with Crippen molar-refractivity contribution in [3.05, 3.63) is 35.1 Å². The third-order valence-corrected chi connectivity index (χ3v) is 11.7. The molecule has 7 atom stereocenters. The van der Waals surface area contributed by atoms with E-state index in [2.05, 4.69) is 61.1 Å². The Labute approximate surface area is 212 Å². The Morgan fingerprint density at radius 3 is 2.40 bits per heavy atom. The van der Waals surface area contributed by atoms with Crippen LogP contribution in [0.3, 0.4) is 0 Å². The number of carbonyl (C=O) groups is 1. The van der Waals surface area contributed by atoms with Crippen molar-refractivity contribution in [2.45, 2.75) is 106 Å². The SMILES string of the molecule is C=C(CC[C@@H](C(=O)O)[C@H]1CC[C@@]2(C)C3=C(O)CC4C(C)(C)C(O)CC[C@]4(C)C3=CC[C@]12C)C(C)C. The van der Waals surface area contributed by atoms with E-state index in [1.54, 1.807) is 0 Å². The molecule has 0 aromatic heterocycles. The lowest BCUT2D eigenvalue weighted by molar-refractivity contribution is -0.146. The first-order valence-corrected chi connectivity index (χ1v) is 13.8. The molecule has 196 valence electrons. The molecule has 0 spiro atoms.